The Balaban J connectivity index is 1.31. The van der Waals surface area contributed by atoms with E-state index in [2.05, 4.69) is 9.71 Å². The molecule has 1 heterocycles. The number of alkyl halides is 1. The molecule has 0 saturated heterocycles. The summed E-state index contributed by atoms with van der Waals surface area (Å²) >= 11 is 6.01. The smallest absolute Gasteiger partial charge is 0.214 e. The molecule has 10 heteroatoms. The first-order chi connectivity index (χ1) is 20.3. The van der Waals surface area contributed by atoms with Crippen LogP contribution in [0.2, 0.25) is 0 Å². The maximum Gasteiger partial charge on any atom is 0.214 e. The van der Waals surface area contributed by atoms with Gasteiger partial charge in [0.15, 0.2) is 11.6 Å². The number of aromatic nitrogens is 1. The quantitative estimate of drug-likeness (QED) is 0.184. The monoisotopic (exact) mass is 612 g/mol. The maximum absolute atomic E-state index is 15.3. The molecule has 220 valence electrons. The molecule has 2 aliphatic rings. The van der Waals surface area contributed by atoms with Gasteiger partial charge in [-0.25, -0.2) is 26.9 Å². The molecule has 2 aliphatic carbocycles. The van der Waals surface area contributed by atoms with Gasteiger partial charge in [0.2, 0.25) is 15.9 Å². The van der Waals surface area contributed by atoms with Crippen molar-refractivity contribution in [1.29, 1.82) is 0 Å². The predicted molar refractivity (Wildman–Crippen MR) is 157 cm³/mol. The van der Waals surface area contributed by atoms with Crippen LogP contribution in [0.3, 0.4) is 0 Å². The summed E-state index contributed by atoms with van der Waals surface area (Å²) < 4.78 is 70.4. The topological polar surface area (TPSA) is 81.4 Å². The highest BCUT2D eigenvalue weighted by Gasteiger charge is 2.47. The molecule has 2 fully saturated rings. The van der Waals surface area contributed by atoms with Crippen LogP contribution in [0.15, 0.2) is 77.4 Å². The number of hydrogen-bond acceptors (Lipinski definition) is 5. The molecule has 0 bridgehead atoms. The van der Waals surface area contributed by atoms with Crippen molar-refractivity contribution in [1.82, 2.24) is 9.71 Å². The molecule has 1 N–H and O–H groups in total. The van der Waals surface area contributed by atoms with Gasteiger partial charge in [-0.3, -0.25) is 0 Å². The number of sulfonamides is 1. The summed E-state index contributed by atoms with van der Waals surface area (Å²) in [7, 11) is -3.38. The molecule has 2 saturated carbocycles. The Morgan fingerprint density at radius 2 is 1.79 bits per heavy atom. The number of halogens is 3. The first-order valence-corrected chi connectivity index (χ1v) is 16.1. The SMILES string of the molecule is O=S(=O)(N[C@H]1CC[C@](Cc2ccc(F)c(-c3cccc(F)c3OCc3ccccc3)c2)(c2nc(CCl)co2)C1)C1CC1. The highest BCUT2D eigenvalue weighted by Crippen LogP contribution is 2.45. The van der Waals surface area contributed by atoms with E-state index < -0.39 is 27.1 Å². The van der Waals surface area contributed by atoms with Gasteiger partial charge in [0.25, 0.3) is 0 Å². The Morgan fingerprint density at radius 1 is 0.976 bits per heavy atom. The molecule has 6 rings (SSSR count). The van der Waals surface area contributed by atoms with Gasteiger partial charge in [0.1, 0.15) is 18.7 Å². The first kappa shape index (κ1) is 28.8. The van der Waals surface area contributed by atoms with E-state index in [0.717, 1.165) is 11.1 Å². The van der Waals surface area contributed by atoms with E-state index in [4.69, 9.17) is 20.8 Å². The zero-order chi connectivity index (χ0) is 29.3. The van der Waals surface area contributed by atoms with Crippen LogP contribution >= 0.6 is 11.6 Å². The van der Waals surface area contributed by atoms with Crippen molar-refractivity contribution < 1.29 is 26.4 Å². The molecule has 42 heavy (non-hydrogen) atoms. The zero-order valence-corrected chi connectivity index (χ0v) is 24.4. The van der Waals surface area contributed by atoms with Crippen LogP contribution in [0.25, 0.3) is 11.1 Å². The van der Waals surface area contributed by atoms with Gasteiger partial charge < -0.3 is 9.15 Å². The number of ether oxygens (including phenoxy) is 1. The van der Waals surface area contributed by atoms with Crippen LogP contribution in [0, 0.1) is 11.6 Å². The van der Waals surface area contributed by atoms with Crippen molar-refractivity contribution in [3.05, 3.63) is 107 Å². The van der Waals surface area contributed by atoms with Crippen molar-refractivity contribution in [2.45, 2.75) is 67.7 Å². The Morgan fingerprint density at radius 3 is 2.52 bits per heavy atom. The fourth-order valence-corrected chi connectivity index (χ4v) is 7.59. The molecule has 0 spiro atoms. The lowest BCUT2D eigenvalue weighted by atomic mass is 9.79. The predicted octanol–water partition coefficient (Wildman–Crippen LogP) is 7.05. The van der Waals surface area contributed by atoms with Crippen molar-refractivity contribution in [3.63, 3.8) is 0 Å². The second-order valence-electron chi connectivity index (χ2n) is 11.2. The van der Waals surface area contributed by atoms with Crippen LogP contribution < -0.4 is 9.46 Å². The summed E-state index contributed by atoms with van der Waals surface area (Å²) in [6.45, 7) is 0.129. The van der Waals surface area contributed by atoms with E-state index in [1.807, 2.05) is 30.3 Å². The molecule has 0 radical (unpaired) electrons. The van der Waals surface area contributed by atoms with Gasteiger partial charge in [-0.15, -0.1) is 11.6 Å². The number of nitrogens with one attached hydrogen (secondary N) is 1. The third-order valence-corrected chi connectivity index (χ3v) is 10.4. The molecule has 4 aromatic rings. The number of benzene rings is 3. The minimum absolute atomic E-state index is 0.0259. The van der Waals surface area contributed by atoms with Crippen molar-refractivity contribution >= 4 is 21.6 Å². The van der Waals surface area contributed by atoms with Crippen LogP contribution in [-0.4, -0.2) is 24.7 Å². The fraction of sp³-hybridized carbons (Fsp3) is 0.344. The molecule has 0 amide bonds. The lowest BCUT2D eigenvalue weighted by molar-refractivity contribution is 0.291. The third kappa shape index (κ3) is 6.09. The van der Waals surface area contributed by atoms with Crippen LogP contribution in [0.1, 0.15) is 54.8 Å². The molecular formula is C32H31ClF2N2O4S. The normalized spacial score (nSPS) is 20.6. The van der Waals surface area contributed by atoms with Gasteiger partial charge in [0.05, 0.1) is 22.2 Å². The van der Waals surface area contributed by atoms with Crippen LogP contribution in [-0.2, 0) is 34.3 Å². The molecule has 1 aromatic heterocycles. The van der Waals surface area contributed by atoms with Gasteiger partial charge >= 0.3 is 0 Å². The summed E-state index contributed by atoms with van der Waals surface area (Å²) in [6, 6.07) is 18.3. The number of hydrogen-bond donors (Lipinski definition) is 1. The first-order valence-electron chi connectivity index (χ1n) is 14.0. The Hall–Kier alpha value is -3.27. The van der Waals surface area contributed by atoms with E-state index in [0.29, 0.717) is 55.7 Å². The highest BCUT2D eigenvalue weighted by molar-refractivity contribution is 7.90. The fourth-order valence-electron chi connectivity index (χ4n) is 5.85. The van der Waals surface area contributed by atoms with Crippen LogP contribution in [0.5, 0.6) is 5.75 Å². The number of para-hydroxylation sites is 1. The minimum Gasteiger partial charge on any atom is -0.485 e. The minimum atomic E-state index is -3.38. The molecule has 3 aromatic carbocycles. The van der Waals surface area contributed by atoms with Crippen molar-refractivity contribution in [3.8, 4) is 16.9 Å². The standard InChI is InChI=1S/C32H31ClF2N2O4S/c33-18-24-20-41-31(36-24)32(14-13-23(17-32)37-42(38,39)25-10-11-25)16-22-9-12-28(34)27(15-22)26-7-4-8-29(35)30(26)40-19-21-5-2-1-3-6-21/h1-9,12,15,20,23,25,37H,10-11,13-14,16-19H2/t23-,32+/m0/s1. The molecule has 2 atom stereocenters. The molecular weight excluding hydrogens is 582 g/mol. The second kappa shape index (κ2) is 11.8. The lowest BCUT2D eigenvalue weighted by Crippen LogP contribution is -2.37. The largest absolute Gasteiger partial charge is 0.485 e. The molecule has 6 nitrogen and oxygen atoms in total. The summed E-state index contributed by atoms with van der Waals surface area (Å²) in [6.07, 6.45) is 5.00. The zero-order valence-electron chi connectivity index (χ0n) is 22.9. The number of oxazole rings is 1. The second-order valence-corrected chi connectivity index (χ2v) is 13.5. The van der Waals surface area contributed by atoms with Gasteiger partial charge in [0, 0.05) is 17.2 Å². The Kier molecular flexibility index (Phi) is 8.09. The van der Waals surface area contributed by atoms with Crippen LogP contribution in [0.4, 0.5) is 8.78 Å². The molecule has 0 aliphatic heterocycles. The number of nitrogens with zero attached hydrogens (tertiary/aromatic N) is 1. The highest BCUT2D eigenvalue weighted by atomic mass is 35.5. The van der Waals surface area contributed by atoms with Crippen molar-refractivity contribution in [2.24, 2.45) is 0 Å². The Bertz CT molecular complexity index is 1680. The van der Waals surface area contributed by atoms with E-state index in [1.54, 1.807) is 18.2 Å². The summed E-state index contributed by atoms with van der Waals surface area (Å²) in [5, 5.41) is -0.318. The lowest BCUT2D eigenvalue weighted by Gasteiger charge is -2.27. The Labute approximate surface area is 249 Å². The average molecular weight is 613 g/mol. The van der Waals surface area contributed by atoms with Gasteiger partial charge in [-0.2, -0.15) is 0 Å². The van der Waals surface area contributed by atoms with E-state index in [9.17, 15) is 8.42 Å². The summed E-state index contributed by atoms with van der Waals surface area (Å²) in [5.74, 6) is -0.454. The van der Waals surface area contributed by atoms with Crippen molar-refractivity contribution in [2.75, 3.05) is 0 Å². The van der Waals surface area contributed by atoms with E-state index >= 15 is 8.78 Å². The molecule has 0 unspecified atom stereocenters. The van der Waals surface area contributed by atoms with E-state index in [1.165, 1.54) is 24.5 Å². The van der Waals surface area contributed by atoms with Gasteiger partial charge in [-0.05, 0) is 67.9 Å². The summed E-state index contributed by atoms with van der Waals surface area (Å²) in [4.78, 5) is 4.61. The van der Waals surface area contributed by atoms with E-state index in [-0.39, 0.29) is 35.1 Å². The maximum atomic E-state index is 15.3. The average Bonchev–Trinajstić information content (AvgIpc) is 3.62. The third-order valence-electron chi connectivity index (χ3n) is 8.10. The van der Waals surface area contributed by atoms with Gasteiger partial charge in [-0.1, -0.05) is 48.5 Å². The summed E-state index contributed by atoms with van der Waals surface area (Å²) in [5.41, 5.74) is 2.11. The number of rotatable bonds is 11.